The van der Waals surface area contributed by atoms with Gasteiger partial charge in [-0.25, -0.2) is 0 Å². The van der Waals surface area contributed by atoms with Crippen LogP contribution in [-0.4, -0.2) is 11.8 Å². The predicted octanol–water partition coefficient (Wildman–Crippen LogP) is 2.23. The Morgan fingerprint density at radius 1 is 1.20 bits per heavy atom. The summed E-state index contributed by atoms with van der Waals surface area (Å²) in [7, 11) is 0. The molecule has 0 saturated carbocycles. The lowest BCUT2D eigenvalue weighted by Crippen LogP contribution is -2.31. The largest absolute Gasteiger partial charge is 0.468 e. The van der Waals surface area contributed by atoms with Gasteiger partial charge in [-0.2, -0.15) is 5.26 Å². The molecule has 0 aliphatic heterocycles. The number of benzene rings is 1. The van der Waals surface area contributed by atoms with E-state index in [-0.39, 0.29) is 6.42 Å². The zero-order valence-electron chi connectivity index (χ0n) is 10.6. The van der Waals surface area contributed by atoms with Gasteiger partial charge in [-0.3, -0.25) is 14.9 Å². The first-order valence-electron chi connectivity index (χ1n) is 6.03. The minimum atomic E-state index is -0.700. The number of hydrogen-bond acceptors (Lipinski definition) is 4. The van der Waals surface area contributed by atoms with Crippen molar-refractivity contribution in [1.29, 1.82) is 5.26 Å². The van der Waals surface area contributed by atoms with Crippen LogP contribution in [0, 0.1) is 11.3 Å². The van der Waals surface area contributed by atoms with Gasteiger partial charge >= 0.3 is 0 Å². The molecule has 0 fully saturated rings. The van der Waals surface area contributed by atoms with Gasteiger partial charge in [0, 0.05) is 5.56 Å². The monoisotopic (exact) mass is 268 g/mol. The van der Waals surface area contributed by atoms with Crippen LogP contribution < -0.4 is 5.32 Å². The van der Waals surface area contributed by atoms with E-state index in [4.69, 9.17) is 9.68 Å². The molecule has 0 aliphatic rings. The molecule has 0 bridgehead atoms. The topological polar surface area (TPSA) is 83.1 Å². The first-order valence-corrected chi connectivity index (χ1v) is 6.03. The summed E-state index contributed by atoms with van der Waals surface area (Å²) < 4.78 is 5.09. The van der Waals surface area contributed by atoms with Crippen molar-refractivity contribution in [2.45, 2.75) is 12.3 Å². The van der Waals surface area contributed by atoms with Crippen molar-refractivity contribution >= 4 is 11.8 Å². The lowest BCUT2D eigenvalue weighted by Gasteiger charge is -2.06. The van der Waals surface area contributed by atoms with E-state index < -0.39 is 17.7 Å². The Morgan fingerprint density at radius 3 is 2.55 bits per heavy atom. The highest BCUT2D eigenvalue weighted by atomic mass is 16.3. The van der Waals surface area contributed by atoms with Crippen LogP contribution in [0.5, 0.6) is 0 Å². The van der Waals surface area contributed by atoms with Crippen LogP contribution in [0.4, 0.5) is 0 Å². The van der Waals surface area contributed by atoms with Crippen molar-refractivity contribution in [3.63, 3.8) is 0 Å². The molecule has 5 heteroatoms. The van der Waals surface area contributed by atoms with Gasteiger partial charge < -0.3 is 4.42 Å². The third-order valence-corrected chi connectivity index (χ3v) is 2.72. The number of nitrogens with zero attached hydrogens (tertiary/aromatic N) is 1. The molecule has 0 saturated heterocycles. The SMILES string of the molecule is N#CC(CC(=O)NC(=O)c1ccccc1)c1ccco1. The van der Waals surface area contributed by atoms with Gasteiger partial charge in [-0.05, 0) is 24.3 Å². The fourth-order valence-corrected chi connectivity index (χ4v) is 1.72. The number of furan rings is 1. The zero-order chi connectivity index (χ0) is 14.4. The molecule has 0 radical (unpaired) electrons. The number of nitriles is 1. The second kappa shape index (κ2) is 6.34. The molecule has 2 aromatic rings. The number of nitrogens with one attached hydrogen (secondary N) is 1. The summed E-state index contributed by atoms with van der Waals surface area (Å²) in [5, 5.41) is 11.3. The minimum absolute atomic E-state index is 0.122. The van der Waals surface area contributed by atoms with E-state index in [1.54, 1.807) is 42.5 Å². The Bertz CT molecular complexity index is 627. The van der Waals surface area contributed by atoms with Crippen LogP contribution in [0.3, 0.4) is 0 Å². The molecule has 1 unspecified atom stereocenters. The van der Waals surface area contributed by atoms with Crippen LogP contribution in [0.15, 0.2) is 53.1 Å². The molecular formula is C15H12N2O3. The summed E-state index contributed by atoms with van der Waals surface area (Å²) >= 11 is 0. The third-order valence-electron chi connectivity index (χ3n) is 2.72. The molecule has 2 rings (SSSR count). The minimum Gasteiger partial charge on any atom is -0.468 e. The van der Waals surface area contributed by atoms with Crippen LogP contribution in [0.2, 0.25) is 0 Å². The van der Waals surface area contributed by atoms with Gasteiger partial charge in [-0.1, -0.05) is 18.2 Å². The van der Waals surface area contributed by atoms with Gasteiger partial charge in [0.2, 0.25) is 5.91 Å². The maximum absolute atomic E-state index is 11.8. The van der Waals surface area contributed by atoms with E-state index >= 15 is 0 Å². The van der Waals surface area contributed by atoms with Crippen molar-refractivity contribution < 1.29 is 14.0 Å². The number of rotatable bonds is 4. The standard InChI is InChI=1S/C15H12N2O3/c16-10-12(13-7-4-8-20-13)9-14(18)17-15(19)11-5-2-1-3-6-11/h1-8,12H,9H2,(H,17,18,19). The van der Waals surface area contributed by atoms with Gasteiger partial charge in [0.1, 0.15) is 11.7 Å². The smallest absolute Gasteiger partial charge is 0.257 e. The Kier molecular flexibility index (Phi) is 4.30. The fourth-order valence-electron chi connectivity index (χ4n) is 1.72. The molecular weight excluding hydrogens is 256 g/mol. The average molecular weight is 268 g/mol. The summed E-state index contributed by atoms with van der Waals surface area (Å²) in [5.41, 5.74) is 0.396. The third kappa shape index (κ3) is 3.33. The predicted molar refractivity (Wildman–Crippen MR) is 70.6 cm³/mol. The highest BCUT2D eigenvalue weighted by molar-refractivity contribution is 6.04. The second-order valence-electron chi connectivity index (χ2n) is 4.14. The van der Waals surface area contributed by atoms with Crippen LogP contribution in [0.25, 0.3) is 0 Å². The Morgan fingerprint density at radius 2 is 1.95 bits per heavy atom. The molecule has 1 N–H and O–H groups in total. The Hall–Kier alpha value is -2.87. The first-order chi connectivity index (χ1) is 9.70. The molecule has 1 aromatic carbocycles. The van der Waals surface area contributed by atoms with Gasteiger partial charge in [0.05, 0.1) is 18.8 Å². The van der Waals surface area contributed by atoms with Gasteiger partial charge in [0.25, 0.3) is 5.91 Å². The van der Waals surface area contributed by atoms with Crippen molar-refractivity contribution in [1.82, 2.24) is 5.32 Å². The molecule has 0 aliphatic carbocycles. The van der Waals surface area contributed by atoms with Crippen molar-refractivity contribution in [3.8, 4) is 6.07 Å². The lowest BCUT2D eigenvalue weighted by atomic mass is 10.0. The van der Waals surface area contributed by atoms with Crippen molar-refractivity contribution in [2.24, 2.45) is 0 Å². The Labute approximate surface area is 115 Å². The zero-order valence-corrected chi connectivity index (χ0v) is 10.6. The normalized spacial score (nSPS) is 11.3. The van der Waals surface area contributed by atoms with Crippen molar-refractivity contribution in [3.05, 3.63) is 60.1 Å². The van der Waals surface area contributed by atoms with Gasteiger partial charge in [-0.15, -0.1) is 0 Å². The van der Waals surface area contributed by atoms with Crippen molar-refractivity contribution in [2.75, 3.05) is 0 Å². The van der Waals surface area contributed by atoms with Crippen LogP contribution in [-0.2, 0) is 4.79 Å². The van der Waals surface area contributed by atoms with E-state index in [1.165, 1.54) is 6.26 Å². The molecule has 1 aromatic heterocycles. The van der Waals surface area contributed by atoms with Crippen LogP contribution >= 0.6 is 0 Å². The Balaban J connectivity index is 1.96. The van der Waals surface area contributed by atoms with E-state index in [9.17, 15) is 9.59 Å². The number of carbonyl (C=O) groups excluding carboxylic acids is 2. The van der Waals surface area contributed by atoms with E-state index in [2.05, 4.69) is 5.32 Å². The summed E-state index contributed by atoms with van der Waals surface area (Å²) in [4.78, 5) is 23.5. The summed E-state index contributed by atoms with van der Waals surface area (Å²) in [6.45, 7) is 0. The average Bonchev–Trinajstić information content (AvgIpc) is 2.99. The highest BCUT2D eigenvalue weighted by Gasteiger charge is 2.19. The summed E-state index contributed by atoms with van der Waals surface area (Å²) in [6, 6.07) is 13.7. The molecule has 100 valence electrons. The molecule has 1 heterocycles. The molecule has 1 atom stereocenters. The molecule has 0 spiro atoms. The second-order valence-corrected chi connectivity index (χ2v) is 4.14. The first kappa shape index (κ1) is 13.6. The number of carbonyl (C=O) groups is 2. The maximum atomic E-state index is 11.8. The summed E-state index contributed by atoms with van der Waals surface area (Å²) in [6.07, 6.45) is 1.31. The highest BCUT2D eigenvalue weighted by Crippen LogP contribution is 2.18. The molecule has 5 nitrogen and oxygen atoms in total. The molecule has 2 amide bonds. The molecule has 20 heavy (non-hydrogen) atoms. The number of hydrogen-bond donors (Lipinski definition) is 1. The van der Waals surface area contributed by atoms with Crippen LogP contribution in [0.1, 0.15) is 28.5 Å². The van der Waals surface area contributed by atoms with E-state index in [1.807, 2.05) is 6.07 Å². The number of imide groups is 1. The van der Waals surface area contributed by atoms with E-state index in [0.717, 1.165) is 0 Å². The maximum Gasteiger partial charge on any atom is 0.257 e. The lowest BCUT2D eigenvalue weighted by molar-refractivity contribution is -0.120. The van der Waals surface area contributed by atoms with Gasteiger partial charge in [0.15, 0.2) is 0 Å². The fraction of sp³-hybridized carbons (Fsp3) is 0.133. The van der Waals surface area contributed by atoms with E-state index in [0.29, 0.717) is 11.3 Å². The summed E-state index contributed by atoms with van der Waals surface area (Å²) in [5.74, 6) is -1.28. The number of amides is 2. The quantitative estimate of drug-likeness (QED) is 0.921.